The van der Waals surface area contributed by atoms with Crippen LogP contribution < -0.4 is 10.1 Å². The highest BCUT2D eigenvalue weighted by Crippen LogP contribution is 2.30. The van der Waals surface area contributed by atoms with Crippen molar-refractivity contribution in [3.8, 4) is 11.8 Å². The fourth-order valence-electron chi connectivity index (χ4n) is 3.15. The third-order valence-electron chi connectivity index (χ3n) is 4.79. The van der Waals surface area contributed by atoms with E-state index in [-0.39, 0.29) is 11.4 Å². The first-order valence-corrected chi connectivity index (χ1v) is 11.1. The van der Waals surface area contributed by atoms with Crippen LogP contribution >= 0.6 is 34.2 Å². The molecule has 0 atom stereocenters. The molecule has 3 rings (SSSR count). The lowest BCUT2D eigenvalue weighted by molar-refractivity contribution is -0.112. The van der Waals surface area contributed by atoms with Crippen LogP contribution in [0.2, 0.25) is 5.02 Å². The number of carbonyl (C=O) groups is 1. The van der Waals surface area contributed by atoms with Gasteiger partial charge in [0.2, 0.25) is 0 Å². The van der Waals surface area contributed by atoms with Crippen LogP contribution in [0, 0.1) is 27.6 Å². The topological polar surface area (TPSA) is 62.1 Å². The van der Waals surface area contributed by atoms with Crippen molar-refractivity contribution in [2.45, 2.75) is 13.3 Å². The summed E-state index contributed by atoms with van der Waals surface area (Å²) in [5.74, 6) is -0.234. The van der Waals surface area contributed by atoms with E-state index in [2.05, 4.69) is 27.9 Å². The first-order valence-electron chi connectivity index (χ1n) is 9.61. The number of rotatable bonds is 6. The number of nitrogens with zero attached hydrogens (tertiary/aromatic N) is 1. The Morgan fingerprint density at radius 3 is 2.72 bits per heavy atom. The Morgan fingerprint density at radius 2 is 2.03 bits per heavy atom. The fraction of sp³-hybridized carbons (Fsp3) is 0.120. The molecule has 3 aromatic carbocycles. The number of carbonyl (C=O) groups excluding carboxylic acids is 1. The van der Waals surface area contributed by atoms with Gasteiger partial charge in [-0.2, -0.15) is 5.26 Å². The number of hydrogen-bond acceptors (Lipinski definition) is 3. The Bertz CT molecular complexity index is 1250. The number of nitrogens with one attached hydrogen (secondary N) is 1. The molecule has 0 aromatic heterocycles. The molecule has 0 saturated carbocycles. The molecule has 0 spiro atoms. The predicted molar refractivity (Wildman–Crippen MR) is 133 cm³/mol. The van der Waals surface area contributed by atoms with E-state index in [1.54, 1.807) is 37.4 Å². The first kappa shape index (κ1) is 23.8. The van der Waals surface area contributed by atoms with E-state index in [4.69, 9.17) is 16.3 Å². The minimum Gasteiger partial charge on any atom is -0.496 e. The average molecular weight is 561 g/mol. The predicted octanol–water partition coefficient (Wildman–Crippen LogP) is 6.54. The lowest BCUT2D eigenvalue weighted by Crippen LogP contribution is -2.14. The van der Waals surface area contributed by atoms with Gasteiger partial charge in [-0.25, -0.2) is 4.39 Å². The van der Waals surface area contributed by atoms with Crippen LogP contribution in [0.25, 0.3) is 6.08 Å². The van der Waals surface area contributed by atoms with Crippen molar-refractivity contribution >= 4 is 51.9 Å². The summed E-state index contributed by atoms with van der Waals surface area (Å²) in [6, 6.07) is 17.1. The number of ether oxygens (including phenoxy) is 1. The molecule has 0 aliphatic heterocycles. The Morgan fingerprint density at radius 1 is 1.25 bits per heavy atom. The number of aryl methyl sites for hydroxylation is 1. The van der Waals surface area contributed by atoms with Crippen molar-refractivity contribution in [3.05, 3.63) is 96.8 Å². The van der Waals surface area contributed by atoms with E-state index in [1.165, 1.54) is 18.2 Å². The Labute approximate surface area is 204 Å². The van der Waals surface area contributed by atoms with E-state index < -0.39 is 5.91 Å². The van der Waals surface area contributed by atoms with Gasteiger partial charge in [0.25, 0.3) is 5.91 Å². The number of hydrogen-bond donors (Lipinski definition) is 1. The Hall–Kier alpha value is -2.89. The molecule has 3 aromatic rings. The van der Waals surface area contributed by atoms with Crippen molar-refractivity contribution in [1.82, 2.24) is 0 Å². The van der Waals surface area contributed by atoms with Gasteiger partial charge in [-0.05, 0) is 88.7 Å². The van der Waals surface area contributed by atoms with Gasteiger partial charge in [-0.1, -0.05) is 29.8 Å². The second-order valence-corrected chi connectivity index (χ2v) is 8.67. The number of halogens is 3. The standard InChI is InChI=1S/C25H19ClFIN2O2/c1-15-6-7-19(26)13-23(15)30-25(31)18(14-29)8-17-11-22(28)21(24(12-17)32-2)10-16-4-3-5-20(27)9-16/h3-9,11-13H,10H2,1-2H3,(H,30,31)/b18-8+. The van der Waals surface area contributed by atoms with Gasteiger partial charge >= 0.3 is 0 Å². The fourth-order valence-corrected chi connectivity index (χ4v) is 4.14. The maximum atomic E-state index is 13.6. The maximum Gasteiger partial charge on any atom is 0.266 e. The van der Waals surface area contributed by atoms with Crippen LogP contribution in [-0.4, -0.2) is 13.0 Å². The summed E-state index contributed by atoms with van der Waals surface area (Å²) in [6.45, 7) is 1.84. The van der Waals surface area contributed by atoms with Crippen LogP contribution in [0.1, 0.15) is 22.3 Å². The molecular weight excluding hydrogens is 542 g/mol. The zero-order valence-electron chi connectivity index (χ0n) is 17.4. The smallest absolute Gasteiger partial charge is 0.266 e. The molecule has 7 heteroatoms. The van der Waals surface area contributed by atoms with Gasteiger partial charge in [0, 0.05) is 26.3 Å². The first-order chi connectivity index (χ1) is 15.3. The minimum atomic E-state index is -0.532. The molecule has 0 aliphatic rings. The lowest BCUT2D eigenvalue weighted by Gasteiger charge is -2.13. The SMILES string of the molecule is COc1cc(/C=C(\C#N)C(=O)Nc2cc(Cl)ccc2C)cc(I)c1Cc1cccc(F)c1. The van der Waals surface area contributed by atoms with Gasteiger partial charge in [-0.15, -0.1) is 0 Å². The van der Waals surface area contributed by atoms with Gasteiger partial charge < -0.3 is 10.1 Å². The van der Waals surface area contributed by atoms with E-state index in [9.17, 15) is 14.4 Å². The Kier molecular flexibility index (Phi) is 7.89. The van der Waals surface area contributed by atoms with Crippen molar-refractivity contribution in [2.24, 2.45) is 0 Å². The molecule has 32 heavy (non-hydrogen) atoms. The molecule has 0 unspecified atom stereocenters. The number of benzene rings is 3. The molecule has 162 valence electrons. The van der Waals surface area contributed by atoms with E-state index >= 15 is 0 Å². The zero-order valence-corrected chi connectivity index (χ0v) is 20.3. The lowest BCUT2D eigenvalue weighted by atomic mass is 10.0. The largest absolute Gasteiger partial charge is 0.496 e. The molecule has 1 amide bonds. The Balaban J connectivity index is 1.90. The molecule has 0 aliphatic carbocycles. The summed E-state index contributed by atoms with van der Waals surface area (Å²) >= 11 is 8.18. The number of methoxy groups -OCH3 is 1. The van der Waals surface area contributed by atoms with Gasteiger partial charge in [0.05, 0.1) is 7.11 Å². The van der Waals surface area contributed by atoms with Crippen LogP contribution in [0.3, 0.4) is 0 Å². The zero-order chi connectivity index (χ0) is 23.3. The highest BCUT2D eigenvalue weighted by molar-refractivity contribution is 14.1. The van der Waals surface area contributed by atoms with Gasteiger partial charge in [0.1, 0.15) is 23.2 Å². The third kappa shape index (κ3) is 5.87. The van der Waals surface area contributed by atoms with Crippen LogP contribution in [0.5, 0.6) is 5.75 Å². The summed E-state index contributed by atoms with van der Waals surface area (Å²) in [6.07, 6.45) is 1.99. The second-order valence-electron chi connectivity index (χ2n) is 7.07. The van der Waals surface area contributed by atoms with Crippen LogP contribution in [0.15, 0.2) is 60.2 Å². The van der Waals surface area contributed by atoms with E-state index in [0.717, 1.165) is 20.3 Å². The quantitative estimate of drug-likeness (QED) is 0.212. The third-order valence-corrected chi connectivity index (χ3v) is 5.99. The molecule has 1 N–H and O–H groups in total. The minimum absolute atomic E-state index is 0.0555. The highest BCUT2D eigenvalue weighted by atomic mass is 127. The molecule has 0 bridgehead atoms. The summed E-state index contributed by atoms with van der Waals surface area (Å²) in [4.78, 5) is 12.7. The molecule has 4 nitrogen and oxygen atoms in total. The number of nitriles is 1. The van der Waals surface area contributed by atoms with Crippen molar-refractivity contribution in [1.29, 1.82) is 5.26 Å². The average Bonchev–Trinajstić information content (AvgIpc) is 2.76. The molecule has 0 fully saturated rings. The summed E-state index contributed by atoms with van der Waals surface area (Å²) in [5, 5.41) is 12.8. The molecular formula is C25H19ClFIN2O2. The van der Waals surface area contributed by atoms with Gasteiger partial charge in [-0.3, -0.25) is 4.79 Å². The summed E-state index contributed by atoms with van der Waals surface area (Å²) in [5.41, 5.74) is 3.68. The maximum absolute atomic E-state index is 13.6. The number of anilines is 1. The van der Waals surface area contributed by atoms with Crippen molar-refractivity contribution < 1.29 is 13.9 Å². The number of amides is 1. The summed E-state index contributed by atoms with van der Waals surface area (Å²) < 4.78 is 20.0. The van der Waals surface area contributed by atoms with Gasteiger partial charge in [0.15, 0.2) is 0 Å². The van der Waals surface area contributed by atoms with Crippen LogP contribution in [0.4, 0.5) is 10.1 Å². The second kappa shape index (κ2) is 10.6. The molecule has 0 radical (unpaired) electrons. The van der Waals surface area contributed by atoms with Crippen molar-refractivity contribution in [2.75, 3.05) is 12.4 Å². The summed E-state index contributed by atoms with van der Waals surface area (Å²) in [7, 11) is 1.55. The highest BCUT2D eigenvalue weighted by Gasteiger charge is 2.14. The van der Waals surface area contributed by atoms with E-state index in [1.807, 2.05) is 25.1 Å². The molecule has 0 heterocycles. The van der Waals surface area contributed by atoms with Crippen molar-refractivity contribution in [3.63, 3.8) is 0 Å². The normalized spacial score (nSPS) is 11.1. The molecule has 0 saturated heterocycles. The van der Waals surface area contributed by atoms with Crippen LogP contribution in [-0.2, 0) is 11.2 Å². The monoisotopic (exact) mass is 560 g/mol. The van der Waals surface area contributed by atoms with E-state index in [0.29, 0.717) is 28.4 Å².